The van der Waals surface area contributed by atoms with Crippen LogP contribution in [0.25, 0.3) is 0 Å². The smallest absolute Gasteiger partial charge is 0.127 e. The number of fused-ring (bicyclic) bond motifs is 1. The standard InChI is InChI=1S/C18H26BrNO/c1-12(2)11-18(6-3-4-7-18)17(20)15-10-14(19)9-13-5-8-21-16(13)15/h9-10,12,17H,3-8,11,20H2,1-2H3. The Morgan fingerprint density at radius 1 is 1.29 bits per heavy atom. The van der Waals surface area contributed by atoms with E-state index in [1.807, 2.05) is 0 Å². The molecular weight excluding hydrogens is 326 g/mol. The van der Waals surface area contributed by atoms with Crippen molar-refractivity contribution in [2.45, 2.75) is 58.4 Å². The van der Waals surface area contributed by atoms with E-state index in [1.165, 1.54) is 43.2 Å². The minimum Gasteiger partial charge on any atom is -0.493 e. The number of rotatable bonds is 4. The second-order valence-electron chi connectivity index (χ2n) is 7.23. The monoisotopic (exact) mass is 351 g/mol. The molecule has 1 aliphatic heterocycles. The first-order valence-electron chi connectivity index (χ1n) is 8.22. The molecule has 0 bridgehead atoms. The molecular formula is C18H26BrNO. The van der Waals surface area contributed by atoms with Gasteiger partial charge in [0.05, 0.1) is 6.61 Å². The zero-order valence-electron chi connectivity index (χ0n) is 13.1. The Bertz CT molecular complexity index is 520. The zero-order valence-corrected chi connectivity index (χ0v) is 14.7. The Kier molecular flexibility index (Phi) is 4.33. The van der Waals surface area contributed by atoms with Gasteiger partial charge in [-0.3, -0.25) is 0 Å². The average molecular weight is 352 g/mol. The lowest BCUT2D eigenvalue weighted by molar-refractivity contribution is 0.180. The largest absolute Gasteiger partial charge is 0.493 e. The second-order valence-corrected chi connectivity index (χ2v) is 8.14. The number of halogens is 1. The number of benzene rings is 1. The lowest BCUT2D eigenvalue weighted by atomic mass is 9.70. The summed E-state index contributed by atoms with van der Waals surface area (Å²) >= 11 is 3.65. The summed E-state index contributed by atoms with van der Waals surface area (Å²) in [5.74, 6) is 1.76. The van der Waals surface area contributed by atoms with Crippen molar-refractivity contribution >= 4 is 15.9 Å². The summed E-state index contributed by atoms with van der Waals surface area (Å²) in [7, 11) is 0. The quantitative estimate of drug-likeness (QED) is 0.828. The van der Waals surface area contributed by atoms with Crippen molar-refractivity contribution in [2.24, 2.45) is 17.1 Å². The Morgan fingerprint density at radius 2 is 2.00 bits per heavy atom. The van der Waals surface area contributed by atoms with Gasteiger partial charge in [-0.2, -0.15) is 0 Å². The minimum atomic E-state index is 0.0896. The van der Waals surface area contributed by atoms with Gasteiger partial charge in [-0.25, -0.2) is 0 Å². The molecule has 1 atom stereocenters. The van der Waals surface area contributed by atoms with Gasteiger partial charge in [0, 0.05) is 22.5 Å². The molecule has 116 valence electrons. The van der Waals surface area contributed by atoms with E-state index in [2.05, 4.69) is 41.9 Å². The third-order valence-electron chi connectivity index (χ3n) is 5.19. The molecule has 1 aromatic carbocycles. The van der Waals surface area contributed by atoms with Crippen LogP contribution in [0.3, 0.4) is 0 Å². The van der Waals surface area contributed by atoms with Gasteiger partial charge in [0.2, 0.25) is 0 Å². The molecule has 2 nitrogen and oxygen atoms in total. The van der Waals surface area contributed by atoms with Crippen molar-refractivity contribution in [2.75, 3.05) is 6.61 Å². The fourth-order valence-corrected chi connectivity index (χ4v) is 4.92. The molecule has 0 saturated heterocycles. The maximum Gasteiger partial charge on any atom is 0.127 e. The highest BCUT2D eigenvalue weighted by Gasteiger charge is 2.42. The molecule has 1 aliphatic carbocycles. The average Bonchev–Trinajstić information content (AvgIpc) is 3.05. The summed E-state index contributed by atoms with van der Waals surface area (Å²) in [5.41, 5.74) is 9.62. The van der Waals surface area contributed by atoms with Crippen molar-refractivity contribution in [3.05, 3.63) is 27.7 Å². The van der Waals surface area contributed by atoms with Crippen LogP contribution < -0.4 is 10.5 Å². The summed E-state index contributed by atoms with van der Waals surface area (Å²) in [4.78, 5) is 0. The first kappa shape index (κ1) is 15.4. The fraction of sp³-hybridized carbons (Fsp3) is 0.667. The molecule has 21 heavy (non-hydrogen) atoms. The van der Waals surface area contributed by atoms with Gasteiger partial charge >= 0.3 is 0 Å². The summed E-state index contributed by atoms with van der Waals surface area (Å²) in [6.45, 7) is 5.42. The number of ether oxygens (including phenoxy) is 1. The third kappa shape index (κ3) is 2.87. The van der Waals surface area contributed by atoms with Crippen molar-refractivity contribution in [1.82, 2.24) is 0 Å². The number of nitrogens with two attached hydrogens (primary N) is 1. The number of hydrogen-bond acceptors (Lipinski definition) is 2. The van der Waals surface area contributed by atoms with E-state index in [9.17, 15) is 0 Å². The van der Waals surface area contributed by atoms with Crippen LogP contribution in [0.4, 0.5) is 0 Å². The van der Waals surface area contributed by atoms with Crippen LogP contribution in [0.15, 0.2) is 16.6 Å². The first-order chi connectivity index (χ1) is 10.0. The fourth-order valence-electron chi connectivity index (χ4n) is 4.39. The zero-order chi connectivity index (χ0) is 15.0. The lowest BCUT2D eigenvalue weighted by Crippen LogP contribution is -2.34. The van der Waals surface area contributed by atoms with Crippen LogP contribution in [0.1, 0.15) is 63.1 Å². The summed E-state index contributed by atoms with van der Waals surface area (Å²) in [6, 6.07) is 4.46. The molecule has 0 spiro atoms. The molecule has 1 aromatic rings. The Labute approximate surface area is 136 Å². The Balaban J connectivity index is 1.99. The Hall–Kier alpha value is -0.540. The van der Waals surface area contributed by atoms with Gasteiger partial charge in [-0.05, 0) is 48.3 Å². The summed E-state index contributed by atoms with van der Waals surface area (Å²) < 4.78 is 7.05. The van der Waals surface area contributed by atoms with E-state index in [-0.39, 0.29) is 11.5 Å². The van der Waals surface area contributed by atoms with E-state index in [0.29, 0.717) is 5.92 Å². The topological polar surface area (TPSA) is 35.2 Å². The van der Waals surface area contributed by atoms with E-state index in [1.54, 1.807) is 0 Å². The highest BCUT2D eigenvalue weighted by atomic mass is 79.9. The molecule has 1 fully saturated rings. The van der Waals surface area contributed by atoms with E-state index < -0.39 is 0 Å². The molecule has 2 N–H and O–H groups in total. The van der Waals surface area contributed by atoms with Gasteiger partial charge in [-0.1, -0.05) is 42.6 Å². The van der Waals surface area contributed by atoms with Crippen molar-refractivity contribution < 1.29 is 4.74 Å². The molecule has 1 unspecified atom stereocenters. The third-order valence-corrected chi connectivity index (χ3v) is 5.64. The SMILES string of the molecule is CC(C)CC1(C(N)c2cc(Br)cc3c2OCC3)CCCC1. The summed E-state index contributed by atoms with van der Waals surface area (Å²) in [5, 5.41) is 0. The lowest BCUT2D eigenvalue weighted by Gasteiger charge is -2.38. The van der Waals surface area contributed by atoms with Gasteiger partial charge in [0.1, 0.15) is 5.75 Å². The minimum absolute atomic E-state index is 0.0896. The molecule has 3 heteroatoms. The molecule has 0 radical (unpaired) electrons. The van der Waals surface area contributed by atoms with Gasteiger partial charge in [0.25, 0.3) is 0 Å². The molecule has 2 aliphatic rings. The van der Waals surface area contributed by atoms with Crippen molar-refractivity contribution in [1.29, 1.82) is 0 Å². The van der Waals surface area contributed by atoms with E-state index in [0.717, 1.165) is 23.2 Å². The summed E-state index contributed by atoms with van der Waals surface area (Å²) in [6.07, 6.45) is 7.37. The normalized spacial score (nSPS) is 21.4. The molecule has 0 amide bonds. The first-order valence-corrected chi connectivity index (χ1v) is 9.02. The van der Waals surface area contributed by atoms with Crippen molar-refractivity contribution in [3.63, 3.8) is 0 Å². The van der Waals surface area contributed by atoms with Crippen LogP contribution in [0.5, 0.6) is 5.75 Å². The van der Waals surface area contributed by atoms with Crippen LogP contribution in [0.2, 0.25) is 0 Å². The van der Waals surface area contributed by atoms with Crippen LogP contribution in [-0.2, 0) is 6.42 Å². The van der Waals surface area contributed by atoms with Gasteiger partial charge < -0.3 is 10.5 Å². The molecule has 1 heterocycles. The highest BCUT2D eigenvalue weighted by Crippen LogP contribution is 2.53. The predicted molar refractivity (Wildman–Crippen MR) is 90.6 cm³/mol. The van der Waals surface area contributed by atoms with Crippen LogP contribution >= 0.6 is 15.9 Å². The molecule has 0 aromatic heterocycles. The maximum atomic E-state index is 6.82. The molecule has 3 rings (SSSR count). The highest BCUT2D eigenvalue weighted by molar-refractivity contribution is 9.10. The van der Waals surface area contributed by atoms with Crippen molar-refractivity contribution in [3.8, 4) is 5.75 Å². The Morgan fingerprint density at radius 3 is 2.67 bits per heavy atom. The van der Waals surface area contributed by atoms with Crippen LogP contribution in [-0.4, -0.2) is 6.61 Å². The maximum absolute atomic E-state index is 6.82. The van der Waals surface area contributed by atoms with E-state index in [4.69, 9.17) is 10.5 Å². The second kappa shape index (κ2) is 5.92. The van der Waals surface area contributed by atoms with Gasteiger partial charge in [0.15, 0.2) is 0 Å². The molecule has 1 saturated carbocycles. The van der Waals surface area contributed by atoms with Gasteiger partial charge in [-0.15, -0.1) is 0 Å². The number of hydrogen-bond donors (Lipinski definition) is 1. The van der Waals surface area contributed by atoms with E-state index >= 15 is 0 Å². The predicted octanol–water partition coefficient (Wildman–Crippen LogP) is 4.99. The van der Waals surface area contributed by atoms with Crippen LogP contribution in [0, 0.1) is 11.3 Å².